The van der Waals surface area contributed by atoms with E-state index in [4.69, 9.17) is 0 Å². The topological polar surface area (TPSA) is 43.8 Å². The summed E-state index contributed by atoms with van der Waals surface area (Å²) in [5, 5.41) is 9.79. The van der Waals surface area contributed by atoms with E-state index in [0.717, 1.165) is 5.56 Å². The number of rotatable bonds is 3. The minimum Gasteiger partial charge on any atom is -0.391 e. The Kier molecular flexibility index (Phi) is 4.17. The number of hydrogen-bond acceptors (Lipinski definition) is 3. The lowest BCUT2D eigenvalue weighted by atomic mass is 10.0. The van der Waals surface area contributed by atoms with Crippen LogP contribution in [0.5, 0.6) is 0 Å². The fourth-order valence-electron chi connectivity index (χ4n) is 2.45. The van der Waals surface area contributed by atoms with E-state index in [-0.39, 0.29) is 17.8 Å². The third-order valence-corrected chi connectivity index (χ3v) is 3.31. The minimum absolute atomic E-state index is 0.0177. The van der Waals surface area contributed by atoms with Crippen molar-refractivity contribution >= 4 is 5.91 Å². The number of aliphatic hydroxyl groups is 1. The third-order valence-electron chi connectivity index (χ3n) is 3.31. The van der Waals surface area contributed by atoms with Gasteiger partial charge in [-0.15, -0.1) is 0 Å². The molecule has 0 saturated carbocycles. The van der Waals surface area contributed by atoms with Crippen LogP contribution in [0.15, 0.2) is 24.3 Å². The van der Waals surface area contributed by atoms with E-state index in [9.17, 15) is 14.3 Å². The van der Waals surface area contributed by atoms with Crippen LogP contribution in [0.3, 0.4) is 0 Å². The summed E-state index contributed by atoms with van der Waals surface area (Å²) in [7, 11) is 3.66. The second kappa shape index (κ2) is 5.67. The van der Waals surface area contributed by atoms with Gasteiger partial charge in [0.2, 0.25) is 5.91 Å². The summed E-state index contributed by atoms with van der Waals surface area (Å²) in [6.07, 6.45) is -0.00805. The van der Waals surface area contributed by atoms with Crippen LogP contribution in [0.1, 0.15) is 18.0 Å². The predicted molar refractivity (Wildman–Crippen MR) is 70.0 cm³/mol. The van der Waals surface area contributed by atoms with Crippen molar-refractivity contribution in [3.05, 3.63) is 35.6 Å². The first kappa shape index (κ1) is 14.0. The summed E-state index contributed by atoms with van der Waals surface area (Å²) >= 11 is 0. The maximum Gasteiger partial charge on any atom is 0.237 e. The Morgan fingerprint density at radius 2 is 2.05 bits per heavy atom. The van der Waals surface area contributed by atoms with Crippen LogP contribution in [0.25, 0.3) is 0 Å². The first-order chi connectivity index (χ1) is 8.97. The highest BCUT2D eigenvalue weighted by Crippen LogP contribution is 2.32. The van der Waals surface area contributed by atoms with Crippen LogP contribution in [0, 0.1) is 5.82 Å². The largest absolute Gasteiger partial charge is 0.391 e. The second-order valence-corrected chi connectivity index (χ2v) is 5.24. The van der Waals surface area contributed by atoms with Gasteiger partial charge in [-0.05, 0) is 38.2 Å². The highest BCUT2D eigenvalue weighted by molar-refractivity contribution is 5.79. The van der Waals surface area contributed by atoms with E-state index in [1.54, 1.807) is 21.9 Å². The molecule has 1 fully saturated rings. The molecule has 2 atom stereocenters. The molecular weight excluding hydrogens is 247 g/mol. The lowest BCUT2D eigenvalue weighted by Gasteiger charge is -2.26. The quantitative estimate of drug-likeness (QED) is 0.888. The van der Waals surface area contributed by atoms with Gasteiger partial charge < -0.3 is 14.9 Å². The van der Waals surface area contributed by atoms with Crippen LogP contribution in [-0.4, -0.2) is 54.1 Å². The average Bonchev–Trinajstić information content (AvgIpc) is 2.71. The van der Waals surface area contributed by atoms with Gasteiger partial charge in [-0.1, -0.05) is 12.1 Å². The summed E-state index contributed by atoms with van der Waals surface area (Å²) in [6, 6.07) is 5.95. The summed E-state index contributed by atoms with van der Waals surface area (Å²) < 4.78 is 12.9. The van der Waals surface area contributed by atoms with E-state index in [0.29, 0.717) is 19.5 Å². The molecule has 1 aromatic rings. The Balaban J connectivity index is 2.17. The first-order valence-corrected chi connectivity index (χ1v) is 6.35. The number of likely N-dealkylation sites (tertiary alicyclic amines) is 1. The Hall–Kier alpha value is -1.46. The fraction of sp³-hybridized carbons (Fsp3) is 0.500. The number of halogens is 1. The van der Waals surface area contributed by atoms with Crippen LogP contribution in [-0.2, 0) is 4.79 Å². The number of carbonyl (C=O) groups is 1. The molecular formula is C14H19FN2O2. The first-order valence-electron chi connectivity index (χ1n) is 6.35. The van der Waals surface area contributed by atoms with Crippen LogP contribution >= 0.6 is 0 Å². The number of carbonyl (C=O) groups excluding carboxylic acids is 1. The predicted octanol–water partition coefficient (Wildman–Crippen LogP) is 1.02. The smallest absolute Gasteiger partial charge is 0.237 e. The summed E-state index contributed by atoms with van der Waals surface area (Å²) in [5.41, 5.74) is 0.866. The molecule has 2 rings (SSSR count). The molecule has 1 amide bonds. The third kappa shape index (κ3) is 3.30. The molecule has 4 nitrogen and oxygen atoms in total. The zero-order valence-electron chi connectivity index (χ0n) is 11.2. The molecule has 19 heavy (non-hydrogen) atoms. The molecule has 1 aromatic carbocycles. The van der Waals surface area contributed by atoms with Gasteiger partial charge in [0.25, 0.3) is 0 Å². The highest BCUT2D eigenvalue weighted by atomic mass is 19.1. The van der Waals surface area contributed by atoms with Crippen molar-refractivity contribution in [1.82, 2.24) is 9.80 Å². The van der Waals surface area contributed by atoms with Crippen molar-refractivity contribution < 1.29 is 14.3 Å². The molecule has 0 aliphatic carbocycles. The number of aliphatic hydroxyl groups excluding tert-OH is 1. The maximum absolute atomic E-state index is 12.9. The number of nitrogens with zero attached hydrogens (tertiary/aromatic N) is 2. The highest BCUT2D eigenvalue weighted by Gasteiger charge is 2.35. The number of amides is 1. The molecule has 5 heteroatoms. The van der Waals surface area contributed by atoms with Crippen molar-refractivity contribution in [1.29, 1.82) is 0 Å². The monoisotopic (exact) mass is 266 g/mol. The van der Waals surface area contributed by atoms with Crippen LogP contribution in [0.4, 0.5) is 4.39 Å². The van der Waals surface area contributed by atoms with E-state index < -0.39 is 6.10 Å². The standard InChI is InChI=1S/C14H19FN2O2/c1-16(2)9-14(19)17-8-12(18)7-13(17)10-3-5-11(15)6-4-10/h3-6,12-13,18H,7-9H2,1-2H3/t12-,13+/m1/s1. The van der Waals surface area contributed by atoms with Gasteiger partial charge in [-0.3, -0.25) is 4.79 Å². The van der Waals surface area contributed by atoms with Crippen LogP contribution < -0.4 is 0 Å². The zero-order valence-corrected chi connectivity index (χ0v) is 11.2. The Morgan fingerprint density at radius 3 is 2.63 bits per heavy atom. The molecule has 1 heterocycles. The van der Waals surface area contributed by atoms with E-state index >= 15 is 0 Å². The normalized spacial score (nSPS) is 23.1. The molecule has 0 unspecified atom stereocenters. The molecule has 0 radical (unpaired) electrons. The molecule has 1 saturated heterocycles. The van der Waals surface area contributed by atoms with Crippen molar-refractivity contribution in [2.75, 3.05) is 27.2 Å². The van der Waals surface area contributed by atoms with Crippen molar-refractivity contribution in [3.63, 3.8) is 0 Å². The van der Waals surface area contributed by atoms with E-state index in [1.165, 1.54) is 12.1 Å². The van der Waals surface area contributed by atoms with Gasteiger partial charge >= 0.3 is 0 Å². The molecule has 104 valence electrons. The van der Waals surface area contributed by atoms with E-state index in [2.05, 4.69) is 0 Å². The number of hydrogen-bond donors (Lipinski definition) is 1. The molecule has 0 bridgehead atoms. The van der Waals surface area contributed by atoms with Gasteiger partial charge in [0.05, 0.1) is 18.7 Å². The van der Waals surface area contributed by atoms with E-state index in [1.807, 2.05) is 14.1 Å². The van der Waals surface area contributed by atoms with Crippen molar-refractivity contribution in [2.24, 2.45) is 0 Å². The molecule has 0 aromatic heterocycles. The Labute approximate surface area is 112 Å². The Bertz CT molecular complexity index is 447. The van der Waals surface area contributed by atoms with Gasteiger partial charge in [0, 0.05) is 6.54 Å². The van der Waals surface area contributed by atoms with Crippen molar-refractivity contribution in [2.45, 2.75) is 18.6 Å². The molecule has 1 aliphatic rings. The van der Waals surface area contributed by atoms with Crippen molar-refractivity contribution in [3.8, 4) is 0 Å². The number of β-amino-alcohol motifs (C(OH)–C–C–N with tert-alkyl or cyclic N) is 1. The van der Waals surface area contributed by atoms with Gasteiger partial charge in [0.1, 0.15) is 5.82 Å². The molecule has 0 spiro atoms. The summed E-state index contributed by atoms with van der Waals surface area (Å²) in [4.78, 5) is 15.6. The average molecular weight is 266 g/mol. The zero-order chi connectivity index (χ0) is 14.0. The summed E-state index contributed by atoms with van der Waals surface area (Å²) in [6.45, 7) is 0.652. The Morgan fingerprint density at radius 1 is 1.42 bits per heavy atom. The SMILES string of the molecule is CN(C)CC(=O)N1C[C@H](O)C[C@H]1c1ccc(F)cc1. The maximum atomic E-state index is 12.9. The molecule has 1 N–H and O–H groups in total. The van der Waals surface area contributed by atoms with Gasteiger partial charge in [0.15, 0.2) is 0 Å². The number of benzene rings is 1. The van der Waals surface area contributed by atoms with Crippen LogP contribution in [0.2, 0.25) is 0 Å². The molecule has 1 aliphatic heterocycles. The number of likely N-dealkylation sites (N-methyl/N-ethyl adjacent to an activating group) is 1. The van der Waals surface area contributed by atoms with Gasteiger partial charge in [-0.25, -0.2) is 4.39 Å². The van der Waals surface area contributed by atoms with Gasteiger partial charge in [-0.2, -0.15) is 0 Å². The lowest BCUT2D eigenvalue weighted by molar-refractivity contribution is -0.133. The second-order valence-electron chi connectivity index (χ2n) is 5.24. The minimum atomic E-state index is -0.513. The fourth-order valence-corrected chi connectivity index (χ4v) is 2.45. The lowest BCUT2D eigenvalue weighted by Crippen LogP contribution is -2.38. The summed E-state index contributed by atoms with van der Waals surface area (Å²) in [5.74, 6) is -0.315.